The fraction of sp³-hybridized carbons (Fsp3) is 1.00. The summed E-state index contributed by atoms with van der Waals surface area (Å²) in [5, 5.41) is 10.3. The molecule has 0 aromatic heterocycles. The van der Waals surface area contributed by atoms with Crippen LogP contribution < -0.4 is 0 Å². The van der Waals surface area contributed by atoms with E-state index in [1.165, 1.54) is 57.8 Å². The lowest BCUT2D eigenvalue weighted by molar-refractivity contribution is -0.129. The molecule has 0 spiro atoms. The maximum Gasteiger partial charge on any atom is 0.0543 e. The highest BCUT2D eigenvalue weighted by molar-refractivity contribution is 5.09. The predicted octanol–water partition coefficient (Wildman–Crippen LogP) is 7.71. The lowest BCUT2D eigenvalue weighted by Crippen LogP contribution is -2.54. The van der Waals surface area contributed by atoms with Gasteiger partial charge >= 0.3 is 0 Å². The molecule has 0 radical (unpaired) electrons. The van der Waals surface area contributed by atoms with Crippen molar-refractivity contribution in [3.63, 3.8) is 0 Å². The third kappa shape index (κ3) is 3.74. The molecule has 0 bridgehead atoms. The number of hydrogen-bond donors (Lipinski definition) is 1. The number of aliphatic hydroxyl groups excluding tert-OH is 1. The average Bonchev–Trinajstić information content (AvgIpc) is 3.03. The molecule has 1 heteroatoms. The van der Waals surface area contributed by atoms with Gasteiger partial charge in [-0.05, 0) is 116 Å². The molecular formula is C28H50O. The zero-order valence-corrected chi connectivity index (χ0v) is 20.4. The smallest absolute Gasteiger partial charge is 0.0543 e. The third-order valence-electron chi connectivity index (χ3n) is 11.6. The molecule has 0 heterocycles. The van der Waals surface area contributed by atoms with Gasteiger partial charge in [-0.25, -0.2) is 0 Å². The summed E-state index contributed by atoms with van der Waals surface area (Å²) in [6.45, 7) is 15.2. The highest BCUT2D eigenvalue weighted by Gasteiger charge is 2.60. The number of aliphatic hydroxyl groups is 1. The fourth-order valence-electron chi connectivity index (χ4n) is 9.27. The quantitative estimate of drug-likeness (QED) is 0.499. The van der Waals surface area contributed by atoms with Gasteiger partial charge in [-0.1, -0.05) is 54.4 Å². The first-order valence-electron chi connectivity index (χ1n) is 13.3. The van der Waals surface area contributed by atoms with Crippen LogP contribution in [0.2, 0.25) is 0 Å². The molecule has 1 N–H and O–H groups in total. The first-order valence-corrected chi connectivity index (χ1v) is 13.3. The largest absolute Gasteiger partial charge is 0.393 e. The molecule has 4 fully saturated rings. The summed E-state index contributed by atoms with van der Waals surface area (Å²) in [5.41, 5.74) is 1.14. The van der Waals surface area contributed by atoms with Crippen LogP contribution in [-0.4, -0.2) is 11.2 Å². The number of rotatable bonds is 5. The molecule has 4 aliphatic rings. The van der Waals surface area contributed by atoms with Crippen LogP contribution in [0, 0.1) is 58.2 Å². The van der Waals surface area contributed by atoms with Crippen molar-refractivity contribution in [2.75, 3.05) is 0 Å². The minimum absolute atomic E-state index is 0.0107. The van der Waals surface area contributed by atoms with E-state index in [4.69, 9.17) is 0 Å². The summed E-state index contributed by atoms with van der Waals surface area (Å²) in [7, 11) is 0. The van der Waals surface area contributed by atoms with Gasteiger partial charge in [0.2, 0.25) is 0 Å². The van der Waals surface area contributed by atoms with Gasteiger partial charge in [-0.3, -0.25) is 0 Å². The van der Waals surface area contributed by atoms with E-state index in [0.29, 0.717) is 10.8 Å². The number of fused-ring (bicyclic) bond motifs is 5. The predicted molar refractivity (Wildman–Crippen MR) is 124 cm³/mol. The van der Waals surface area contributed by atoms with E-state index >= 15 is 0 Å². The van der Waals surface area contributed by atoms with Crippen molar-refractivity contribution < 1.29 is 5.11 Å². The third-order valence-corrected chi connectivity index (χ3v) is 11.6. The molecule has 4 rings (SSSR count). The summed E-state index contributed by atoms with van der Waals surface area (Å²) in [6, 6.07) is 0. The van der Waals surface area contributed by atoms with Crippen LogP contribution in [0.3, 0.4) is 0 Å². The van der Waals surface area contributed by atoms with Crippen LogP contribution in [0.4, 0.5) is 0 Å². The van der Waals surface area contributed by atoms with Crippen molar-refractivity contribution in [1.82, 2.24) is 0 Å². The molecule has 4 unspecified atom stereocenters. The molecule has 0 amide bonds. The van der Waals surface area contributed by atoms with Gasteiger partial charge in [0.25, 0.3) is 0 Å². The highest BCUT2D eigenvalue weighted by Crippen LogP contribution is 2.68. The van der Waals surface area contributed by atoms with Crippen molar-refractivity contribution in [2.45, 2.75) is 118 Å². The van der Waals surface area contributed by atoms with E-state index in [0.717, 1.165) is 60.2 Å². The first-order chi connectivity index (χ1) is 13.7. The molecular weight excluding hydrogens is 352 g/mol. The van der Waals surface area contributed by atoms with Crippen LogP contribution in [0.25, 0.3) is 0 Å². The SMILES string of the molecule is CC(C)C(C)CCC(C)[C@H]1CC[C@H]2C3CCC4C[C@@H](O)CC[C@]4(C)[C@H]3CC[C@]12C. The minimum atomic E-state index is -0.0107. The van der Waals surface area contributed by atoms with E-state index in [9.17, 15) is 5.11 Å². The Kier molecular flexibility index (Phi) is 6.22. The first kappa shape index (κ1) is 22.2. The molecule has 10 atom stereocenters. The van der Waals surface area contributed by atoms with Crippen molar-refractivity contribution in [3.05, 3.63) is 0 Å². The molecule has 0 saturated heterocycles. The van der Waals surface area contributed by atoms with Crippen molar-refractivity contribution in [3.8, 4) is 0 Å². The Balaban J connectivity index is 1.46. The summed E-state index contributed by atoms with van der Waals surface area (Å²) >= 11 is 0. The van der Waals surface area contributed by atoms with E-state index in [-0.39, 0.29) is 6.10 Å². The van der Waals surface area contributed by atoms with Gasteiger partial charge in [0.05, 0.1) is 6.10 Å². The Morgan fingerprint density at radius 3 is 2.21 bits per heavy atom. The molecule has 4 aliphatic carbocycles. The van der Waals surface area contributed by atoms with E-state index in [1.54, 1.807) is 0 Å². The Bertz CT molecular complexity index is 569. The van der Waals surface area contributed by atoms with Crippen LogP contribution in [0.15, 0.2) is 0 Å². The van der Waals surface area contributed by atoms with Crippen LogP contribution in [-0.2, 0) is 0 Å². The normalized spacial score (nSPS) is 49.2. The lowest BCUT2D eigenvalue weighted by atomic mass is 9.44. The average molecular weight is 403 g/mol. The van der Waals surface area contributed by atoms with Crippen LogP contribution >= 0.6 is 0 Å². The van der Waals surface area contributed by atoms with Gasteiger partial charge in [-0.15, -0.1) is 0 Å². The Hall–Kier alpha value is -0.0400. The zero-order valence-electron chi connectivity index (χ0n) is 20.4. The van der Waals surface area contributed by atoms with Crippen LogP contribution in [0.5, 0.6) is 0 Å². The highest BCUT2D eigenvalue weighted by atomic mass is 16.3. The summed E-state index contributed by atoms with van der Waals surface area (Å²) in [5.74, 6) is 7.28. The molecule has 0 aromatic carbocycles. The number of hydrogen-bond acceptors (Lipinski definition) is 1. The van der Waals surface area contributed by atoms with Gasteiger partial charge in [-0.2, -0.15) is 0 Å². The lowest BCUT2D eigenvalue weighted by Gasteiger charge is -2.61. The molecule has 0 aliphatic heterocycles. The topological polar surface area (TPSA) is 20.2 Å². The molecule has 1 nitrogen and oxygen atoms in total. The van der Waals surface area contributed by atoms with Gasteiger partial charge in [0, 0.05) is 0 Å². The summed E-state index contributed by atoms with van der Waals surface area (Å²) in [4.78, 5) is 0. The maximum absolute atomic E-state index is 10.3. The van der Waals surface area contributed by atoms with Crippen molar-refractivity contribution >= 4 is 0 Å². The van der Waals surface area contributed by atoms with Crippen molar-refractivity contribution in [2.24, 2.45) is 58.2 Å². The zero-order chi connectivity index (χ0) is 21.0. The van der Waals surface area contributed by atoms with Gasteiger partial charge in [0.1, 0.15) is 0 Å². The standard InChI is InChI=1S/C28H50O/c1-18(2)19(3)7-8-20(4)24-11-12-25-23-10-9-21-17-22(29)13-15-27(21,5)26(23)14-16-28(24,25)6/h18-26,29H,7-17H2,1-6H3/t19?,20?,21?,22-,23?,24+,25-,26-,27-,28+/m0/s1. The second kappa shape index (κ2) is 8.14. The van der Waals surface area contributed by atoms with Gasteiger partial charge < -0.3 is 5.11 Å². The van der Waals surface area contributed by atoms with E-state index < -0.39 is 0 Å². The summed E-state index contributed by atoms with van der Waals surface area (Å²) < 4.78 is 0. The molecule has 29 heavy (non-hydrogen) atoms. The van der Waals surface area contributed by atoms with Gasteiger partial charge in [0.15, 0.2) is 0 Å². The Labute approximate surface area is 181 Å². The molecule has 168 valence electrons. The van der Waals surface area contributed by atoms with Crippen molar-refractivity contribution in [1.29, 1.82) is 0 Å². The minimum Gasteiger partial charge on any atom is -0.393 e. The van der Waals surface area contributed by atoms with Crippen LogP contribution in [0.1, 0.15) is 112 Å². The molecule has 0 aromatic rings. The second-order valence-corrected chi connectivity index (χ2v) is 13.1. The second-order valence-electron chi connectivity index (χ2n) is 13.1. The Morgan fingerprint density at radius 1 is 0.793 bits per heavy atom. The fourth-order valence-corrected chi connectivity index (χ4v) is 9.27. The molecule has 4 saturated carbocycles. The summed E-state index contributed by atoms with van der Waals surface area (Å²) in [6.07, 6.45) is 15.1. The van der Waals surface area contributed by atoms with E-state index in [2.05, 4.69) is 41.5 Å². The Morgan fingerprint density at radius 2 is 1.48 bits per heavy atom. The monoisotopic (exact) mass is 402 g/mol. The maximum atomic E-state index is 10.3. The van der Waals surface area contributed by atoms with E-state index in [1.807, 2.05) is 0 Å².